The van der Waals surface area contributed by atoms with E-state index in [2.05, 4.69) is 39.8 Å². The first kappa shape index (κ1) is 24.1. The van der Waals surface area contributed by atoms with E-state index in [1.807, 2.05) is 12.3 Å². The zero-order chi connectivity index (χ0) is 20.8. The van der Waals surface area contributed by atoms with Crippen LogP contribution in [0.1, 0.15) is 17.5 Å². The van der Waals surface area contributed by atoms with E-state index in [-0.39, 0.29) is 36.8 Å². The molecule has 1 fully saturated rings. The lowest BCUT2D eigenvalue weighted by atomic mass is 10.1. The zero-order valence-electron chi connectivity index (χ0n) is 17.5. The molecule has 0 bridgehead atoms. The van der Waals surface area contributed by atoms with Gasteiger partial charge in [0.1, 0.15) is 17.6 Å². The number of aryl methyl sites for hydroxylation is 1. The van der Waals surface area contributed by atoms with Gasteiger partial charge in [0.2, 0.25) is 5.91 Å². The SMILES string of the molecule is COc1cc(C)cc2cc(-c3c(CN[C@H]4CCNC4=O)cn4ncnc(N)c34)sc12.Cl.Cl. The van der Waals surface area contributed by atoms with Crippen LogP contribution < -0.4 is 21.1 Å². The number of aromatic nitrogens is 3. The van der Waals surface area contributed by atoms with Crippen molar-refractivity contribution in [1.82, 2.24) is 25.2 Å². The number of benzene rings is 1. The lowest BCUT2D eigenvalue weighted by Gasteiger charge is -2.10. The fraction of sp³-hybridized carbons (Fsp3) is 0.286. The van der Waals surface area contributed by atoms with E-state index in [0.29, 0.717) is 18.9 Å². The summed E-state index contributed by atoms with van der Waals surface area (Å²) in [4.78, 5) is 17.2. The minimum absolute atomic E-state index is 0. The van der Waals surface area contributed by atoms with Gasteiger partial charge >= 0.3 is 0 Å². The molecule has 4 N–H and O–H groups in total. The molecule has 1 aliphatic rings. The first-order chi connectivity index (χ1) is 14.5. The van der Waals surface area contributed by atoms with E-state index >= 15 is 0 Å². The van der Waals surface area contributed by atoms with Gasteiger partial charge in [0.25, 0.3) is 0 Å². The summed E-state index contributed by atoms with van der Waals surface area (Å²) in [5.74, 6) is 1.32. The summed E-state index contributed by atoms with van der Waals surface area (Å²) in [6, 6.07) is 6.16. The second-order valence-electron chi connectivity index (χ2n) is 7.48. The summed E-state index contributed by atoms with van der Waals surface area (Å²) < 4.78 is 8.45. The van der Waals surface area contributed by atoms with Crippen molar-refractivity contribution in [2.75, 3.05) is 19.4 Å². The highest BCUT2D eigenvalue weighted by molar-refractivity contribution is 7.22. The number of rotatable bonds is 5. The fourth-order valence-corrected chi connectivity index (χ4v) is 5.27. The van der Waals surface area contributed by atoms with Crippen molar-refractivity contribution in [2.24, 2.45) is 0 Å². The molecule has 4 heterocycles. The van der Waals surface area contributed by atoms with E-state index in [4.69, 9.17) is 10.5 Å². The molecule has 0 aliphatic carbocycles. The fourth-order valence-electron chi connectivity index (χ4n) is 4.05. The second-order valence-corrected chi connectivity index (χ2v) is 8.53. The molecule has 3 aromatic heterocycles. The maximum Gasteiger partial charge on any atom is 0.237 e. The molecule has 1 saturated heterocycles. The van der Waals surface area contributed by atoms with E-state index in [9.17, 15) is 4.79 Å². The predicted octanol–water partition coefficient (Wildman–Crippen LogP) is 3.33. The Labute approximate surface area is 201 Å². The maximum atomic E-state index is 12.0. The number of nitrogens with one attached hydrogen (secondary N) is 2. The summed E-state index contributed by atoms with van der Waals surface area (Å²) >= 11 is 1.65. The third-order valence-electron chi connectivity index (χ3n) is 5.46. The third-order valence-corrected chi connectivity index (χ3v) is 6.64. The normalized spacial score (nSPS) is 15.4. The minimum Gasteiger partial charge on any atom is -0.495 e. The number of carbonyl (C=O) groups is 1. The van der Waals surface area contributed by atoms with Gasteiger partial charge in [-0.05, 0) is 42.0 Å². The van der Waals surface area contributed by atoms with Crippen molar-refractivity contribution in [2.45, 2.75) is 25.9 Å². The van der Waals surface area contributed by atoms with Crippen LogP contribution in [0, 0.1) is 6.92 Å². The van der Waals surface area contributed by atoms with Crippen LogP contribution in [-0.2, 0) is 11.3 Å². The standard InChI is InChI=1S/C21H22N6O2S.2ClH/c1-11-5-12-7-16(30-19(12)15(6-11)29-2)17-13(8-24-14-3-4-23-21(14)28)9-27-18(17)20(22)25-10-26-27;;/h5-7,9-10,14,24H,3-4,8H2,1-2H3,(H,23,28)(H2,22,25,26);2*1H/t14-;;/m0../s1. The Bertz CT molecular complexity index is 1290. The molecule has 0 radical (unpaired) electrons. The highest BCUT2D eigenvalue weighted by Crippen LogP contribution is 2.43. The Morgan fingerprint density at radius 3 is 2.88 bits per heavy atom. The minimum atomic E-state index is -0.186. The van der Waals surface area contributed by atoms with E-state index in [1.165, 1.54) is 6.33 Å². The monoisotopic (exact) mass is 494 g/mol. The summed E-state index contributed by atoms with van der Waals surface area (Å²) in [5.41, 5.74) is 10.2. The number of carbonyl (C=O) groups excluding carboxylic acids is 1. The molecule has 5 rings (SSSR count). The van der Waals surface area contributed by atoms with Crippen LogP contribution in [0.2, 0.25) is 0 Å². The van der Waals surface area contributed by atoms with Crippen LogP contribution >= 0.6 is 36.2 Å². The Morgan fingerprint density at radius 1 is 1.34 bits per heavy atom. The van der Waals surface area contributed by atoms with Crippen molar-refractivity contribution < 1.29 is 9.53 Å². The highest BCUT2D eigenvalue weighted by atomic mass is 35.5. The van der Waals surface area contributed by atoms with Crippen LogP contribution in [0.25, 0.3) is 26.0 Å². The number of anilines is 1. The summed E-state index contributed by atoms with van der Waals surface area (Å²) in [7, 11) is 1.69. The number of hydrogen-bond acceptors (Lipinski definition) is 7. The number of nitrogens with zero attached hydrogens (tertiary/aromatic N) is 3. The van der Waals surface area contributed by atoms with Gasteiger partial charge in [-0.15, -0.1) is 36.2 Å². The largest absolute Gasteiger partial charge is 0.495 e. The summed E-state index contributed by atoms with van der Waals surface area (Å²) in [6.07, 6.45) is 4.18. The number of methoxy groups -OCH3 is 1. The van der Waals surface area contributed by atoms with Gasteiger partial charge in [0, 0.05) is 29.7 Å². The molecule has 32 heavy (non-hydrogen) atoms. The Morgan fingerprint density at radius 2 is 2.16 bits per heavy atom. The van der Waals surface area contributed by atoms with Crippen LogP contribution in [-0.4, -0.2) is 40.2 Å². The van der Waals surface area contributed by atoms with E-state index < -0.39 is 0 Å². The van der Waals surface area contributed by atoms with Gasteiger partial charge in [-0.1, -0.05) is 6.07 Å². The molecule has 1 aromatic carbocycles. The topological polar surface area (TPSA) is 107 Å². The molecule has 1 aliphatic heterocycles. The average Bonchev–Trinajstić information content (AvgIpc) is 3.42. The molecule has 0 unspecified atom stereocenters. The molecule has 1 amide bonds. The maximum absolute atomic E-state index is 12.0. The molecule has 4 aromatic rings. The molecule has 8 nitrogen and oxygen atoms in total. The quantitative estimate of drug-likeness (QED) is 0.392. The van der Waals surface area contributed by atoms with Crippen molar-refractivity contribution in [1.29, 1.82) is 0 Å². The van der Waals surface area contributed by atoms with Crippen molar-refractivity contribution in [3.05, 3.63) is 41.9 Å². The van der Waals surface area contributed by atoms with Crippen LogP contribution in [0.5, 0.6) is 5.75 Å². The summed E-state index contributed by atoms with van der Waals surface area (Å²) in [5, 5.41) is 11.7. The first-order valence-electron chi connectivity index (χ1n) is 9.75. The van der Waals surface area contributed by atoms with Crippen molar-refractivity contribution in [3.63, 3.8) is 0 Å². The molecule has 170 valence electrons. The van der Waals surface area contributed by atoms with Gasteiger partial charge < -0.3 is 21.1 Å². The highest BCUT2D eigenvalue weighted by Gasteiger charge is 2.25. The number of nitrogens with two attached hydrogens (primary N) is 1. The number of nitrogen functional groups attached to an aromatic ring is 1. The number of thiophene rings is 1. The smallest absolute Gasteiger partial charge is 0.237 e. The van der Waals surface area contributed by atoms with Crippen molar-refractivity contribution >= 4 is 63.5 Å². The molecule has 1 atom stereocenters. The van der Waals surface area contributed by atoms with Gasteiger partial charge in [0.15, 0.2) is 5.82 Å². The number of hydrogen-bond donors (Lipinski definition) is 3. The Balaban J connectivity index is 0.00000144. The zero-order valence-corrected chi connectivity index (χ0v) is 20.0. The molecule has 0 spiro atoms. The molecular formula is C21H24Cl2N6O2S. The molecule has 11 heteroatoms. The van der Waals surface area contributed by atoms with Gasteiger partial charge in [-0.25, -0.2) is 9.50 Å². The van der Waals surface area contributed by atoms with Crippen LogP contribution in [0.15, 0.2) is 30.7 Å². The van der Waals surface area contributed by atoms with Crippen LogP contribution in [0.4, 0.5) is 5.82 Å². The number of fused-ring (bicyclic) bond motifs is 2. The number of ether oxygens (including phenoxy) is 1. The molecule has 0 saturated carbocycles. The lowest BCUT2D eigenvalue weighted by molar-refractivity contribution is -0.120. The number of halogens is 2. The van der Waals surface area contributed by atoms with Crippen molar-refractivity contribution in [3.8, 4) is 16.2 Å². The van der Waals surface area contributed by atoms with Crippen LogP contribution in [0.3, 0.4) is 0 Å². The molecular weight excluding hydrogens is 471 g/mol. The van der Waals surface area contributed by atoms with E-state index in [0.717, 1.165) is 49.3 Å². The first-order valence-corrected chi connectivity index (χ1v) is 10.6. The lowest BCUT2D eigenvalue weighted by Crippen LogP contribution is -2.35. The predicted molar refractivity (Wildman–Crippen MR) is 132 cm³/mol. The van der Waals surface area contributed by atoms with E-state index in [1.54, 1.807) is 23.0 Å². The average molecular weight is 495 g/mol. The summed E-state index contributed by atoms with van der Waals surface area (Å²) in [6.45, 7) is 3.29. The van der Waals surface area contributed by atoms with Gasteiger partial charge in [0.05, 0.1) is 17.9 Å². The number of amides is 1. The van der Waals surface area contributed by atoms with Gasteiger partial charge in [-0.3, -0.25) is 4.79 Å². The second kappa shape index (κ2) is 9.50. The Kier molecular flexibility index (Phi) is 7.14. The van der Waals surface area contributed by atoms with Gasteiger partial charge in [-0.2, -0.15) is 5.10 Å². The Hall–Kier alpha value is -2.59. The third kappa shape index (κ3) is 4.09.